The van der Waals surface area contributed by atoms with E-state index in [0.717, 1.165) is 15.7 Å². The molecule has 0 atom stereocenters. The van der Waals surface area contributed by atoms with E-state index in [1.807, 2.05) is 49.4 Å². The van der Waals surface area contributed by atoms with Crippen LogP contribution in [0.4, 0.5) is 5.69 Å². The smallest absolute Gasteiger partial charge is 0.255 e. The Labute approximate surface area is 128 Å². The maximum atomic E-state index is 12.3. The molecule has 0 bridgehead atoms. The number of nitrogens with one attached hydrogen (secondary N) is 1. The second kappa shape index (κ2) is 6.23. The third-order valence-electron chi connectivity index (χ3n) is 3.28. The summed E-state index contributed by atoms with van der Waals surface area (Å²) < 4.78 is 0.906. The minimum atomic E-state index is -0.0823. The van der Waals surface area contributed by atoms with Gasteiger partial charge in [0.15, 0.2) is 0 Å². The van der Waals surface area contributed by atoms with Gasteiger partial charge >= 0.3 is 0 Å². The molecule has 0 unspecified atom stereocenters. The molecule has 2 rings (SSSR count). The molecule has 0 aliphatic rings. The van der Waals surface area contributed by atoms with E-state index in [4.69, 9.17) is 0 Å². The molecule has 0 aromatic heterocycles. The molecule has 0 saturated heterocycles. The van der Waals surface area contributed by atoms with Crippen molar-refractivity contribution in [3.05, 3.63) is 63.6 Å². The molecule has 3 heteroatoms. The van der Waals surface area contributed by atoms with Crippen LogP contribution in [0.3, 0.4) is 0 Å². The average molecular weight is 332 g/mol. The Bertz CT molecular complexity index is 617. The van der Waals surface area contributed by atoms with Crippen molar-refractivity contribution in [1.29, 1.82) is 0 Å². The first-order valence-corrected chi connectivity index (χ1v) is 7.44. The highest BCUT2D eigenvalue weighted by molar-refractivity contribution is 9.10. The largest absolute Gasteiger partial charge is 0.322 e. The lowest BCUT2D eigenvalue weighted by Gasteiger charge is -2.10. The molecule has 0 radical (unpaired) electrons. The van der Waals surface area contributed by atoms with Crippen LogP contribution in [0.1, 0.15) is 41.3 Å². The van der Waals surface area contributed by atoms with E-state index in [1.165, 1.54) is 5.56 Å². The summed E-state index contributed by atoms with van der Waals surface area (Å²) in [5, 5.41) is 2.93. The van der Waals surface area contributed by atoms with Crippen molar-refractivity contribution in [1.82, 2.24) is 0 Å². The summed E-state index contributed by atoms with van der Waals surface area (Å²) in [6.07, 6.45) is 0. The lowest BCUT2D eigenvalue weighted by Crippen LogP contribution is -2.13. The monoisotopic (exact) mass is 331 g/mol. The van der Waals surface area contributed by atoms with Crippen molar-refractivity contribution in [3.8, 4) is 0 Å². The Morgan fingerprint density at radius 1 is 1.10 bits per heavy atom. The number of anilines is 1. The number of rotatable bonds is 3. The predicted octanol–water partition coefficient (Wildman–Crippen LogP) is 5.13. The average Bonchev–Trinajstić information content (AvgIpc) is 2.42. The molecule has 1 amide bonds. The van der Waals surface area contributed by atoms with E-state index >= 15 is 0 Å². The van der Waals surface area contributed by atoms with Gasteiger partial charge in [0.2, 0.25) is 0 Å². The van der Waals surface area contributed by atoms with Crippen LogP contribution in [0.15, 0.2) is 46.9 Å². The van der Waals surface area contributed by atoms with E-state index < -0.39 is 0 Å². The van der Waals surface area contributed by atoms with Gasteiger partial charge in [-0.1, -0.05) is 48.0 Å². The Balaban J connectivity index is 2.17. The summed E-state index contributed by atoms with van der Waals surface area (Å²) in [5.41, 5.74) is 3.73. The molecule has 104 valence electrons. The number of hydrogen-bond acceptors (Lipinski definition) is 1. The fourth-order valence-corrected chi connectivity index (χ4v) is 2.35. The van der Waals surface area contributed by atoms with Gasteiger partial charge in [-0.25, -0.2) is 0 Å². The fourth-order valence-electron chi connectivity index (χ4n) is 1.99. The van der Waals surface area contributed by atoms with Gasteiger partial charge in [0.05, 0.1) is 0 Å². The normalized spacial score (nSPS) is 10.7. The van der Waals surface area contributed by atoms with Crippen molar-refractivity contribution < 1.29 is 4.79 Å². The van der Waals surface area contributed by atoms with Crippen molar-refractivity contribution in [2.45, 2.75) is 26.7 Å². The lowest BCUT2D eigenvalue weighted by atomic mass is 10.0. The van der Waals surface area contributed by atoms with Gasteiger partial charge in [-0.2, -0.15) is 0 Å². The highest BCUT2D eigenvalue weighted by Gasteiger charge is 2.10. The lowest BCUT2D eigenvalue weighted by molar-refractivity contribution is 0.102. The first kappa shape index (κ1) is 14.8. The quantitative estimate of drug-likeness (QED) is 0.829. The molecular weight excluding hydrogens is 314 g/mol. The van der Waals surface area contributed by atoms with Crippen LogP contribution in [0.25, 0.3) is 0 Å². The van der Waals surface area contributed by atoms with Gasteiger partial charge in [-0.15, -0.1) is 0 Å². The number of halogens is 1. The highest BCUT2D eigenvalue weighted by Crippen LogP contribution is 2.20. The molecular formula is C17H18BrNO. The molecule has 20 heavy (non-hydrogen) atoms. The molecule has 0 saturated carbocycles. The van der Waals surface area contributed by atoms with Crippen LogP contribution in [-0.2, 0) is 0 Å². The van der Waals surface area contributed by atoms with Crippen LogP contribution in [-0.4, -0.2) is 5.91 Å². The number of hydrogen-bond donors (Lipinski definition) is 1. The summed E-state index contributed by atoms with van der Waals surface area (Å²) in [6, 6.07) is 13.7. The van der Waals surface area contributed by atoms with Crippen LogP contribution < -0.4 is 5.32 Å². The zero-order valence-electron chi connectivity index (χ0n) is 11.9. The maximum Gasteiger partial charge on any atom is 0.255 e. The first-order chi connectivity index (χ1) is 9.47. The number of aryl methyl sites for hydroxylation is 1. The molecule has 0 aliphatic carbocycles. The van der Waals surface area contributed by atoms with E-state index in [1.54, 1.807) is 0 Å². The molecule has 0 heterocycles. The predicted molar refractivity (Wildman–Crippen MR) is 87.4 cm³/mol. The standard InChI is InChI=1S/C17H18BrNO/c1-11(2)13-5-8-15(9-6-13)19-17(20)16-10-14(18)7-4-12(16)3/h4-11H,1-3H3,(H,19,20). The number of carbonyl (C=O) groups is 1. The Morgan fingerprint density at radius 3 is 2.35 bits per heavy atom. The van der Waals surface area contributed by atoms with Gasteiger partial charge in [0.1, 0.15) is 0 Å². The number of carbonyl (C=O) groups excluding carboxylic acids is 1. The zero-order valence-corrected chi connectivity index (χ0v) is 13.5. The van der Waals surface area contributed by atoms with Crippen molar-refractivity contribution >= 4 is 27.5 Å². The number of benzene rings is 2. The van der Waals surface area contributed by atoms with Crippen LogP contribution in [0, 0.1) is 6.92 Å². The van der Waals surface area contributed by atoms with Gasteiger partial charge in [-0.3, -0.25) is 4.79 Å². The summed E-state index contributed by atoms with van der Waals surface area (Å²) in [7, 11) is 0. The van der Waals surface area contributed by atoms with Crippen LogP contribution in [0.5, 0.6) is 0 Å². The van der Waals surface area contributed by atoms with Gasteiger partial charge in [0, 0.05) is 15.7 Å². The molecule has 0 fully saturated rings. The SMILES string of the molecule is Cc1ccc(Br)cc1C(=O)Nc1ccc(C(C)C)cc1. The first-order valence-electron chi connectivity index (χ1n) is 6.65. The third kappa shape index (κ3) is 3.48. The van der Waals surface area contributed by atoms with E-state index in [2.05, 4.69) is 35.1 Å². The Hall–Kier alpha value is -1.61. The summed E-state index contributed by atoms with van der Waals surface area (Å²) in [5.74, 6) is 0.410. The molecule has 2 nitrogen and oxygen atoms in total. The van der Waals surface area contributed by atoms with Crippen molar-refractivity contribution in [2.75, 3.05) is 5.32 Å². The Kier molecular flexibility index (Phi) is 4.61. The number of amides is 1. The van der Waals surface area contributed by atoms with Crippen LogP contribution in [0.2, 0.25) is 0 Å². The van der Waals surface area contributed by atoms with E-state index in [9.17, 15) is 4.79 Å². The van der Waals surface area contributed by atoms with E-state index in [-0.39, 0.29) is 5.91 Å². The molecule has 2 aromatic rings. The second-order valence-electron chi connectivity index (χ2n) is 5.19. The Morgan fingerprint density at radius 2 is 1.75 bits per heavy atom. The van der Waals surface area contributed by atoms with Gasteiger partial charge in [0.25, 0.3) is 5.91 Å². The zero-order chi connectivity index (χ0) is 14.7. The maximum absolute atomic E-state index is 12.3. The van der Waals surface area contributed by atoms with Gasteiger partial charge in [-0.05, 0) is 48.2 Å². The van der Waals surface area contributed by atoms with Crippen molar-refractivity contribution in [2.24, 2.45) is 0 Å². The van der Waals surface area contributed by atoms with E-state index in [0.29, 0.717) is 11.5 Å². The molecule has 0 spiro atoms. The second-order valence-corrected chi connectivity index (χ2v) is 6.11. The third-order valence-corrected chi connectivity index (χ3v) is 3.77. The molecule has 2 aromatic carbocycles. The summed E-state index contributed by atoms with van der Waals surface area (Å²) >= 11 is 3.40. The molecule has 1 N–H and O–H groups in total. The van der Waals surface area contributed by atoms with Crippen LogP contribution >= 0.6 is 15.9 Å². The highest BCUT2D eigenvalue weighted by atomic mass is 79.9. The van der Waals surface area contributed by atoms with Gasteiger partial charge < -0.3 is 5.32 Å². The molecule has 0 aliphatic heterocycles. The fraction of sp³-hybridized carbons (Fsp3) is 0.235. The minimum absolute atomic E-state index is 0.0823. The topological polar surface area (TPSA) is 29.1 Å². The minimum Gasteiger partial charge on any atom is -0.322 e. The summed E-state index contributed by atoms with van der Waals surface area (Å²) in [4.78, 5) is 12.3. The van der Waals surface area contributed by atoms with Crippen molar-refractivity contribution in [3.63, 3.8) is 0 Å². The summed E-state index contributed by atoms with van der Waals surface area (Å²) in [6.45, 7) is 6.24.